The van der Waals surface area contributed by atoms with Crippen LogP contribution in [0.15, 0.2) is 53.4 Å². The van der Waals surface area contributed by atoms with E-state index in [2.05, 4.69) is 9.62 Å². The number of fused-ring (bicyclic) bond motifs is 3. The van der Waals surface area contributed by atoms with Crippen molar-refractivity contribution in [3.63, 3.8) is 0 Å². The lowest BCUT2D eigenvalue weighted by Gasteiger charge is -2.42. The highest BCUT2D eigenvalue weighted by molar-refractivity contribution is 7.90. The molecule has 2 bridgehead atoms. The van der Waals surface area contributed by atoms with Gasteiger partial charge in [0.05, 0.1) is 16.7 Å². The van der Waals surface area contributed by atoms with Crippen LogP contribution in [0, 0.1) is 11.8 Å². The van der Waals surface area contributed by atoms with Crippen molar-refractivity contribution in [3.8, 4) is 5.75 Å². The molecule has 4 atom stereocenters. The van der Waals surface area contributed by atoms with E-state index in [0.717, 1.165) is 48.1 Å². The van der Waals surface area contributed by atoms with E-state index in [1.807, 2.05) is 18.2 Å². The molecule has 1 saturated carbocycles. The van der Waals surface area contributed by atoms with E-state index >= 15 is 0 Å². The summed E-state index contributed by atoms with van der Waals surface area (Å²) in [5.41, 5.74) is 1.91. The van der Waals surface area contributed by atoms with Gasteiger partial charge in [-0.25, -0.2) is 17.9 Å². The lowest BCUT2D eigenvalue weighted by Crippen LogP contribution is -2.50. The summed E-state index contributed by atoms with van der Waals surface area (Å²) in [5, 5.41) is 11.9. The summed E-state index contributed by atoms with van der Waals surface area (Å²) in [6, 6.07) is 9.19. The topological polar surface area (TPSA) is 125 Å². The highest BCUT2D eigenvalue weighted by Crippen LogP contribution is 2.41. The maximum atomic E-state index is 13.7. The maximum Gasteiger partial charge on any atom is 0.411 e. The van der Waals surface area contributed by atoms with E-state index in [4.69, 9.17) is 21.1 Å². The molecule has 5 rings (SSSR count). The number of hydrogen-bond donors (Lipinski definition) is 2. The van der Waals surface area contributed by atoms with Gasteiger partial charge in [-0.15, -0.1) is 0 Å². The zero-order valence-electron chi connectivity index (χ0n) is 26.9. The highest BCUT2D eigenvalue weighted by atomic mass is 35.5. The van der Waals surface area contributed by atoms with Gasteiger partial charge in [-0.3, -0.25) is 9.69 Å². The van der Waals surface area contributed by atoms with Crippen LogP contribution in [-0.2, 0) is 32.6 Å². The number of nitrogens with zero attached hydrogens (tertiary/aromatic N) is 2. The first-order chi connectivity index (χ1) is 21.7. The number of ether oxygens (including phenoxy) is 2. The van der Waals surface area contributed by atoms with Gasteiger partial charge in [-0.1, -0.05) is 29.8 Å². The first-order valence-electron chi connectivity index (χ1n) is 15.9. The van der Waals surface area contributed by atoms with Crippen molar-refractivity contribution in [2.24, 2.45) is 11.8 Å². The minimum Gasteiger partial charge on any atom is -0.487 e. The molecule has 2 heterocycles. The molecule has 2 aromatic rings. The van der Waals surface area contributed by atoms with Gasteiger partial charge in [-0.05, 0) is 113 Å². The second kappa shape index (κ2) is 13.8. The van der Waals surface area contributed by atoms with Crippen molar-refractivity contribution in [1.29, 1.82) is 0 Å². The third-order valence-electron chi connectivity index (χ3n) is 8.97. The Morgan fingerprint density at radius 3 is 2.61 bits per heavy atom. The molecule has 0 aromatic heterocycles. The Labute approximate surface area is 276 Å². The number of aryl methyl sites for hydroxylation is 1. The van der Waals surface area contributed by atoms with Gasteiger partial charge < -0.3 is 19.5 Å². The van der Waals surface area contributed by atoms with E-state index in [0.29, 0.717) is 29.5 Å². The van der Waals surface area contributed by atoms with Gasteiger partial charge in [0, 0.05) is 24.7 Å². The number of benzene rings is 2. The highest BCUT2D eigenvalue weighted by Gasteiger charge is 2.38. The molecule has 250 valence electrons. The van der Waals surface area contributed by atoms with Crippen LogP contribution < -0.4 is 14.4 Å². The lowest BCUT2D eigenvalue weighted by atomic mass is 9.70. The van der Waals surface area contributed by atoms with Crippen LogP contribution in [0.5, 0.6) is 5.75 Å². The van der Waals surface area contributed by atoms with E-state index < -0.39 is 39.8 Å². The summed E-state index contributed by atoms with van der Waals surface area (Å²) < 4.78 is 41.4. The molecule has 1 fully saturated rings. The quantitative estimate of drug-likeness (QED) is 0.354. The summed E-state index contributed by atoms with van der Waals surface area (Å²) in [6.07, 6.45) is 6.12. The summed E-state index contributed by atoms with van der Waals surface area (Å²) in [7, 11) is -4.33. The number of hydrogen-bond acceptors (Lipinski definition) is 8. The molecule has 0 saturated heterocycles. The maximum absolute atomic E-state index is 13.7. The second-order valence-electron chi connectivity index (χ2n) is 13.4. The molecule has 2 amide bonds. The minimum atomic E-state index is -4.33. The number of amides is 2. The van der Waals surface area contributed by atoms with Crippen LogP contribution in [0.4, 0.5) is 10.5 Å². The number of aliphatic hydroxyl groups is 1. The molecule has 2 aromatic carbocycles. The Balaban J connectivity index is 1.54. The number of carbonyl (C=O) groups is 2. The van der Waals surface area contributed by atoms with E-state index in [-0.39, 0.29) is 29.9 Å². The Morgan fingerprint density at radius 1 is 1.11 bits per heavy atom. The molecule has 1 aliphatic carbocycles. The van der Waals surface area contributed by atoms with Crippen LogP contribution in [0.1, 0.15) is 64.5 Å². The summed E-state index contributed by atoms with van der Waals surface area (Å²) >= 11 is 6.30. The Hall–Kier alpha value is -3.28. The van der Waals surface area contributed by atoms with Crippen molar-refractivity contribution in [2.75, 3.05) is 24.5 Å². The first kappa shape index (κ1) is 34.1. The van der Waals surface area contributed by atoms with Crippen LogP contribution in [0.3, 0.4) is 0 Å². The monoisotopic (exact) mass is 673 g/mol. The average molecular weight is 674 g/mol. The van der Waals surface area contributed by atoms with Crippen LogP contribution >= 0.6 is 11.6 Å². The van der Waals surface area contributed by atoms with Crippen molar-refractivity contribution in [1.82, 2.24) is 9.62 Å². The third kappa shape index (κ3) is 7.98. The van der Waals surface area contributed by atoms with Crippen LogP contribution in [0.2, 0.25) is 5.02 Å². The number of sulfonamides is 1. The smallest absolute Gasteiger partial charge is 0.411 e. The molecular weight excluding hydrogens is 630 g/mol. The number of halogens is 1. The fourth-order valence-corrected chi connectivity index (χ4v) is 7.49. The van der Waals surface area contributed by atoms with Gasteiger partial charge in [0.1, 0.15) is 24.0 Å². The molecule has 10 nitrogen and oxygen atoms in total. The summed E-state index contributed by atoms with van der Waals surface area (Å²) in [6.45, 7) is 8.06. The molecular formula is C34H44ClN3O7S. The Kier molecular flexibility index (Phi) is 10.2. The van der Waals surface area contributed by atoms with Gasteiger partial charge in [0.2, 0.25) is 0 Å². The number of rotatable bonds is 0. The predicted octanol–water partition coefficient (Wildman–Crippen LogP) is 5.45. The molecule has 0 radical (unpaired) electrons. The Bertz CT molecular complexity index is 1590. The number of nitrogens with one attached hydrogen (secondary N) is 1. The van der Waals surface area contributed by atoms with Crippen molar-refractivity contribution in [2.45, 2.75) is 89.0 Å². The lowest BCUT2D eigenvalue weighted by molar-refractivity contribution is -0.123. The number of aliphatic hydroxyl groups excluding tert-OH is 1. The van der Waals surface area contributed by atoms with E-state index in [1.165, 1.54) is 13.0 Å². The molecule has 0 unspecified atom stereocenters. The van der Waals surface area contributed by atoms with Crippen molar-refractivity contribution < 1.29 is 32.6 Å². The number of anilines is 1. The average Bonchev–Trinajstić information content (AvgIpc) is 2.98. The fourth-order valence-electron chi connectivity index (χ4n) is 6.23. The van der Waals surface area contributed by atoms with Gasteiger partial charge in [-0.2, -0.15) is 0 Å². The molecule has 2 aliphatic heterocycles. The molecule has 12 heteroatoms. The van der Waals surface area contributed by atoms with Gasteiger partial charge >= 0.3 is 6.09 Å². The standard InChI is InChI=1S/C34H44ClN3O7S/c1-22-32(40)36-46(42,43)27-13-15-31-29(19-27)37(16-6-5-8-23-18-26(35)12-10-25(23)21-44-31)20-24-11-14-28(24)30(39)9-7-17-38(22)33(41)45-34(2,3)4/h7,9-10,12-13,15,18-19,22,24,28,30,39H,5-6,8,11,14,16-17,20-21H2,1-4H3,(H,36,40)/b9-7+/t22-,24+,28-,30+/m1/s1. The zero-order valence-corrected chi connectivity index (χ0v) is 28.4. The number of carbonyl (C=O) groups excluding carboxylic acids is 2. The first-order valence-corrected chi connectivity index (χ1v) is 17.8. The molecule has 0 spiro atoms. The zero-order chi connectivity index (χ0) is 33.2. The summed E-state index contributed by atoms with van der Waals surface area (Å²) in [4.78, 5) is 29.7. The SMILES string of the molecule is C[C@@H]1C(=O)NS(=O)(=O)c2ccc3c(c2)N(CCCCc2cc(Cl)ccc2CO3)C[C@@H]2CC[C@H]2[C@@H](O)/C=C/CN1C(=O)OC(C)(C)C. The van der Waals surface area contributed by atoms with E-state index in [9.17, 15) is 23.1 Å². The third-order valence-corrected chi connectivity index (χ3v) is 10.6. The van der Waals surface area contributed by atoms with Crippen LogP contribution in [0.25, 0.3) is 0 Å². The minimum absolute atomic E-state index is 0.0132. The van der Waals surface area contributed by atoms with Crippen molar-refractivity contribution >= 4 is 39.3 Å². The Morgan fingerprint density at radius 2 is 1.89 bits per heavy atom. The largest absolute Gasteiger partial charge is 0.487 e. The molecule has 46 heavy (non-hydrogen) atoms. The van der Waals surface area contributed by atoms with Gasteiger partial charge in [0.15, 0.2) is 0 Å². The van der Waals surface area contributed by atoms with Crippen LogP contribution in [-0.4, -0.2) is 67.8 Å². The summed E-state index contributed by atoms with van der Waals surface area (Å²) in [5.74, 6) is -0.219. The van der Waals surface area contributed by atoms with Crippen molar-refractivity contribution in [3.05, 3.63) is 64.7 Å². The fraction of sp³-hybridized carbons (Fsp3) is 0.529. The molecule has 3 aliphatic rings. The predicted molar refractivity (Wildman–Crippen MR) is 176 cm³/mol. The molecule has 2 N–H and O–H groups in total. The normalized spacial score (nSPS) is 26.2. The van der Waals surface area contributed by atoms with E-state index in [1.54, 1.807) is 45.1 Å². The second-order valence-corrected chi connectivity index (χ2v) is 15.6. The van der Waals surface area contributed by atoms with Gasteiger partial charge in [0.25, 0.3) is 15.9 Å².